The zero-order chi connectivity index (χ0) is 11.4. The Morgan fingerprint density at radius 2 is 2.20 bits per heavy atom. The van der Waals surface area contributed by atoms with Crippen LogP contribution < -0.4 is 5.32 Å². The maximum Gasteiger partial charge on any atom is 0.227 e. The SMILES string of the molecule is CCC(C)C(=O)Nc1ccc(Cl)cc1C. The normalized spacial score (nSPS) is 12.3. The van der Waals surface area contributed by atoms with Crippen LogP contribution in [-0.2, 0) is 4.79 Å². The lowest BCUT2D eigenvalue weighted by molar-refractivity contribution is -0.119. The van der Waals surface area contributed by atoms with E-state index in [0.29, 0.717) is 5.02 Å². The summed E-state index contributed by atoms with van der Waals surface area (Å²) in [6, 6.07) is 5.45. The number of hydrogen-bond acceptors (Lipinski definition) is 1. The Hall–Kier alpha value is -1.02. The molecule has 1 aromatic carbocycles. The van der Waals surface area contributed by atoms with Gasteiger partial charge in [-0.1, -0.05) is 25.4 Å². The third-order valence-corrected chi connectivity index (χ3v) is 2.74. The van der Waals surface area contributed by atoms with Gasteiger partial charge in [-0.25, -0.2) is 0 Å². The van der Waals surface area contributed by atoms with E-state index >= 15 is 0 Å². The highest BCUT2D eigenvalue weighted by Gasteiger charge is 2.11. The molecule has 0 aliphatic heterocycles. The first-order valence-electron chi connectivity index (χ1n) is 5.11. The van der Waals surface area contributed by atoms with E-state index in [4.69, 9.17) is 11.6 Å². The Kier molecular flexibility index (Phi) is 4.15. The number of carbonyl (C=O) groups excluding carboxylic acids is 1. The zero-order valence-electron chi connectivity index (χ0n) is 9.30. The second-order valence-corrected chi connectivity index (χ2v) is 4.19. The standard InChI is InChI=1S/C12H16ClNO/c1-4-8(2)12(15)14-11-6-5-10(13)7-9(11)3/h5-8H,4H2,1-3H3,(H,14,15). The number of anilines is 1. The molecular weight excluding hydrogens is 210 g/mol. The van der Waals surface area contributed by atoms with Gasteiger partial charge in [0.2, 0.25) is 5.91 Å². The molecule has 0 aromatic heterocycles. The molecule has 3 heteroatoms. The highest BCUT2D eigenvalue weighted by atomic mass is 35.5. The van der Waals surface area contributed by atoms with Gasteiger partial charge in [0.1, 0.15) is 0 Å². The monoisotopic (exact) mass is 225 g/mol. The summed E-state index contributed by atoms with van der Waals surface area (Å²) < 4.78 is 0. The third kappa shape index (κ3) is 3.24. The van der Waals surface area contributed by atoms with Crippen molar-refractivity contribution in [2.45, 2.75) is 27.2 Å². The number of nitrogens with one attached hydrogen (secondary N) is 1. The first kappa shape index (κ1) is 12.1. The van der Waals surface area contributed by atoms with Crippen LogP contribution in [0.1, 0.15) is 25.8 Å². The third-order valence-electron chi connectivity index (χ3n) is 2.51. The number of amides is 1. The van der Waals surface area contributed by atoms with Gasteiger partial charge in [-0.05, 0) is 37.1 Å². The summed E-state index contributed by atoms with van der Waals surface area (Å²) in [5, 5.41) is 3.58. The van der Waals surface area contributed by atoms with Gasteiger partial charge in [-0.15, -0.1) is 0 Å². The van der Waals surface area contributed by atoms with Crippen LogP contribution in [0.4, 0.5) is 5.69 Å². The van der Waals surface area contributed by atoms with Crippen LogP contribution in [0.3, 0.4) is 0 Å². The molecule has 1 aromatic rings. The minimum Gasteiger partial charge on any atom is -0.326 e. The second-order valence-electron chi connectivity index (χ2n) is 3.76. The molecule has 1 atom stereocenters. The van der Waals surface area contributed by atoms with Crippen LogP contribution in [0.15, 0.2) is 18.2 Å². The molecule has 0 aliphatic rings. The molecule has 0 radical (unpaired) electrons. The lowest BCUT2D eigenvalue weighted by Crippen LogP contribution is -2.20. The molecule has 0 saturated carbocycles. The molecule has 1 unspecified atom stereocenters. The molecule has 0 heterocycles. The Morgan fingerprint density at radius 3 is 2.73 bits per heavy atom. The number of carbonyl (C=O) groups is 1. The predicted octanol–water partition coefficient (Wildman–Crippen LogP) is 3.63. The molecule has 0 fully saturated rings. The molecule has 1 rings (SSSR count). The first-order valence-corrected chi connectivity index (χ1v) is 5.49. The van der Waals surface area contributed by atoms with Crippen LogP contribution in [0.2, 0.25) is 5.02 Å². The van der Waals surface area contributed by atoms with E-state index in [1.807, 2.05) is 32.9 Å². The fourth-order valence-corrected chi connectivity index (χ4v) is 1.44. The first-order chi connectivity index (χ1) is 7.04. The van der Waals surface area contributed by atoms with Crippen LogP contribution >= 0.6 is 11.6 Å². The Morgan fingerprint density at radius 1 is 1.53 bits per heavy atom. The molecule has 1 amide bonds. The zero-order valence-corrected chi connectivity index (χ0v) is 10.1. The second kappa shape index (κ2) is 5.17. The molecule has 0 spiro atoms. The average Bonchev–Trinajstić information content (AvgIpc) is 2.20. The lowest BCUT2D eigenvalue weighted by Gasteiger charge is -2.12. The van der Waals surface area contributed by atoms with Gasteiger partial charge in [-0.3, -0.25) is 4.79 Å². The van der Waals surface area contributed by atoms with E-state index in [2.05, 4.69) is 5.32 Å². The molecule has 0 saturated heterocycles. The van der Waals surface area contributed by atoms with Crippen LogP contribution in [-0.4, -0.2) is 5.91 Å². The quantitative estimate of drug-likeness (QED) is 0.836. The van der Waals surface area contributed by atoms with Crippen LogP contribution in [0.5, 0.6) is 0 Å². The van der Waals surface area contributed by atoms with Gasteiger partial charge < -0.3 is 5.32 Å². The van der Waals surface area contributed by atoms with Gasteiger partial charge in [0.15, 0.2) is 0 Å². The molecule has 0 aliphatic carbocycles. The molecule has 2 nitrogen and oxygen atoms in total. The number of rotatable bonds is 3. The molecule has 0 bridgehead atoms. The Balaban J connectivity index is 2.77. The van der Waals surface area contributed by atoms with Crippen molar-refractivity contribution in [1.82, 2.24) is 0 Å². The smallest absolute Gasteiger partial charge is 0.227 e. The van der Waals surface area contributed by atoms with E-state index in [1.165, 1.54) is 0 Å². The maximum absolute atomic E-state index is 11.6. The average molecular weight is 226 g/mol. The van der Waals surface area contributed by atoms with Crippen LogP contribution in [0.25, 0.3) is 0 Å². The van der Waals surface area contributed by atoms with Crippen LogP contribution in [0, 0.1) is 12.8 Å². The Labute approximate surface area is 95.6 Å². The predicted molar refractivity (Wildman–Crippen MR) is 64.3 cm³/mol. The van der Waals surface area contributed by atoms with Gasteiger partial charge in [0.25, 0.3) is 0 Å². The van der Waals surface area contributed by atoms with Crippen molar-refractivity contribution < 1.29 is 4.79 Å². The van der Waals surface area contributed by atoms with Crippen molar-refractivity contribution in [1.29, 1.82) is 0 Å². The molecular formula is C12H16ClNO. The van der Waals surface area contributed by atoms with Crippen molar-refractivity contribution in [3.8, 4) is 0 Å². The Bertz CT molecular complexity index is 363. The summed E-state index contributed by atoms with van der Waals surface area (Å²) >= 11 is 5.83. The van der Waals surface area contributed by atoms with Crippen molar-refractivity contribution in [2.75, 3.05) is 5.32 Å². The van der Waals surface area contributed by atoms with E-state index < -0.39 is 0 Å². The lowest BCUT2D eigenvalue weighted by atomic mass is 10.1. The fraction of sp³-hybridized carbons (Fsp3) is 0.417. The van der Waals surface area contributed by atoms with E-state index in [1.54, 1.807) is 6.07 Å². The number of halogens is 1. The van der Waals surface area contributed by atoms with Gasteiger partial charge >= 0.3 is 0 Å². The van der Waals surface area contributed by atoms with Crippen molar-refractivity contribution in [2.24, 2.45) is 5.92 Å². The van der Waals surface area contributed by atoms with E-state index in [9.17, 15) is 4.79 Å². The van der Waals surface area contributed by atoms with Crippen molar-refractivity contribution in [3.63, 3.8) is 0 Å². The summed E-state index contributed by atoms with van der Waals surface area (Å²) in [7, 11) is 0. The molecule has 15 heavy (non-hydrogen) atoms. The molecule has 1 N–H and O–H groups in total. The highest BCUT2D eigenvalue weighted by Crippen LogP contribution is 2.20. The highest BCUT2D eigenvalue weighted by molar-refractivity contribution is 6.30. The van der Waals surface area contributed by atoms with E-state index in [-0.39, 0.29) is 11.8 Å². The van der Waals surface area contributed by atoms with Crippen molar-refractivity contribution in [3.05, 3.63) is 28.8 Å². The summed E-state index contributed by atoms with van der Waals surface area (Å²) in [6.45, 7) is 5.84. The molecule has 82 valence electrons. The van der Waals surface area contributed by atoms with Gasteiger partial charge in [0.05, 0.1) is 0 Å². The maximum atomic E-state index is 11.6. The number of aryl methyl sites for hydroxylation is 1. The topological polar surface area (TPSA) is 29.1 Å². The minimum atomic E-state index is 0.0417. The summed E-state index contributed by atoms with van der Waals surface area (Å²) in [5.41, 5.74) is 1.82. The number of benzene rings is 1. The van der Waals surface area contributed by atoms with Gasteiger partial charge in [0, 0.05) is 16.6 Å². The summed E-state index contributed by atoms with van der Waals surface area (Å²) in [6.07, 6.45) is 0.846. The summed E-state index contributed by atoms with van der Waals surface area (Å²) in [4.78, 5) is 11.6. The van der Waals surface area contributed by atoms with E-state index in [0.717, 1.165) is 17.7 Å². The van der Waals surface area contributed by atoms with Crippen molar-refractivity contribution >= 4 is 23.2 Å². The summed E-state index contributed by atoms with van der Waals surface area (Å²) in [5.74, 6) is 0.100. The number of hydrogen-bond donors (Lipinski definition) is 1. The van der Waals surface area contributed by atoms with Gasteiger partial charge in [-0.2, -0.15) is 0 Å². The minimum absolute atomic E-state index is 0.0417. The largest absolute Gasteiger partial charge is 0.326 e. The fourth-order valence-electron chi connectivity index (χ4n) is 1.21.